The van der Waals surface area contributed by atoms with Gasteiger partial charge in [0.1, 0.15) is 5.75 Å². The predicted octanol–water partition coefficient (Wildman–Crippen LogP) is 3.02. The minimum Gasteiger partial charge on any atom is -0.434 e. The number of anilines is 1. The molecule has 0 atom stereocenters. The van der Waals surface area contributed by atoms with Gasteiger partial charge in [0.2, 0.25) is 0 Å². The second-order valence-electron chi connectivity index (χ2n) is 4.63. The molecule has 7 heteroatoms. The summed E-state index contributed by atoms with van der Waals surface area (Å²) in [6.45, 7) is -1.36. The van der Waals surface area contributed by atoms with Gasteiger partial charge in [0.15, 0.2) is 0 Å². The van der Waals surface area contributed by atoms with E-state index in [2.05, 4.69) is 15.3 Å². The number of nitrogens with one attached hydrogen (secondary N) is 1. The molecule has 0 radical (unpaired) electrons. The molecule has 0 bridgehead atoms. The van der Waals surface area contributed by atoms with E-state index in [1.807, 2.05) is 0 Å². The minimum absolute atomic E-state index is 0.00881. The Kier molecular flexibility index (Phi) is 5.24. The van der Waals surface area contributed by atoms with Crippen LogP contribution in [0.3, 0.4) is 0 Å². The van der Waals surface area contributed by atoms with E-state index in [1.54, 1.807) is 49.4 Å². The van der Waals surface area contributed by atoms with Crippen LogP contribution in [0.15, 0.2) is 53.6 Å². The van der Waals surface area contributed by atoms with Crippen LogP contribution in [0.2, 0.25) is 0 Å². The lowest BCUT2D eigenvalue weighted by molar-refractivity contribution is -0.0499. The Morgan fingerprint density at radius 2 is 1.83 bits per heavy atom. The number of carbonyl (C=O) groups excluding carboxylic acids is 1. The van der Waals surface area contributed by atoms with Crippen LogP contribution >= 0.6 is 0 Å². The minimum atomic E-state index is -2.94. The summed E-state index contributed by atoms with van der Waals surface area (Å²) in [6.07, 6.45) is 0. The predicted molar refractivity (Wildman–Crippen MR) is 83.6 cm³/mol. The molecule has 5 nitrogen and oxygen atoms in total. The fraction of sp³-hybridized carbons (Fsp3) is 0.125. The molecule has 0 unspecified atom stereocenters. The highest BCUT2D eigenvalue weighted by Gasteiger charge is 2.11. The molecule has 0 aliphatic rings. The molecule has 2 aromatic rings. The third-order valence-electron chi connectivity index (χ3n) is 2.99. The Labute approximate surface area is 131 Å². The van der Waals surface area contributed by atoms with Crippen LogP contribution < -0.4 is 15.9 Å². The summed E-state index contributed by atoms with van der Waals surface area (Å²) in [5.41, 5.74) is 9.54. The molecule has 1 amide bonds. The van der Waals surface area contributed by atoms with Crippen molar-refractivity contribution in [1.29, 1.82) is 0 Å². The molecule has 0 aliphatic carbocycles. The molecule has 0 saturated carbocycles. The zero-order valence-electron chi connectivity index (χ0n) is 12.3. The number of hydrazone groups is 1. The molecule has 0 aromatic heterocycles. The molecule has 0 aliphatic heterocycles. The van der Waals surface area contributed by atoms with Gasteiger partial charge < -0.3 is 10.5 Å². The number of nitrogens with two attached hydrogens (primary N) is 1. The van der Waals surface area contributed by atoms with Crippen molar-refractivity contribution in [2.24, 2.45) is 5.10 Å². The number of rotatable bonds is 5. The van der Waals surface area contributed by atoms with Gasteiger partial charge in [-0.2, -0.15) is 13.9 Å². The van der Waals surface area contributed by atoms with Gasteiger partial charge in [0.25, 0.3) is 5.91 Å². The van der Waals surface area contributed by atoms with Gasteiger partial charge in [-0.1, -0.05) is 12.1 Å². The van der Waals surface area contributed by atoms with Crippen LogP contribution in [-0.4, -0.2) is 18.2 Å². The van der Waals surface area contributed by atoms with E-state index in [0.29, 0.717) is 22.5 Å². The second kappa shape index (κ2) is 7.35. The Bertz CT molecular complexity index is 716. The van der Waals surface area contributed by atoms with Crippen LogP contribution in [-0.2, 0) is 0 Å². The smallest absolute Gasteiger partial charge is 0.387 e. The van der Waals surface area contributed by atoms with Crippen molar-refractivity contribution < 1.29 is 18.3 Å². The lowest BCUT2D eigenvalue weighted by Gasteiger charge is -2.10. The van der Waals surface area contributed by atoms with Crippen molar-refractivity contribution >= 4 is 17.3 Å². The summed E-state index contributed by atoms with van der Waals surface area (Å²) >= 11 is 0. The maximum Gasteiger partial charge on any atom is 0.387 e. The molecule has 120 valence electrons. The lowest BCUT2D eigenvalue weighted by atomic mass is 10.1. The summed E-state index contributed by atoms with van der Waals surface area (Å²) < 4.78 is 29.2. The highest BCUT2D eigenvalue weighted by atomic mass is 19.3. The van der Waals surface area contributed by atoms with Gasteiger partial charge in [0, 0.05) is 16.8 Å². The summed E-state index contributed by atoms with van der Waals surface area (Å²) in [4.78, 5) is 11.9. The first-order valence-electron chi connectivity index (χ1n) is 6.71. The van der Waals surface area contributed by atoms with Gasteiger partial charge in [-0.3, -0.25) is 4.79 Å². The third kappa shape index (κ3) is 4.50. The van der Waals surface area contributed by atoms with Crippen LogP contribution in [0.5, 0.6) is 5.75 Å². The van der Waals surface area contributed by atoms with E-state index < -0.39 is 12.5 Å². The van der Waals surface area contributed by atoms with E-state index >= 15 is 0 Å². The SMILES string of the molecule is CC(=NNC(=O)c1ccc(N)cc1)c1ccccc1OC(F)F. The summed E-state index contributed by atoms with van der Waals surface area (Å²) in [5, 5.41) is 3.92. The number of para-hydroxylation sites is 1. The lowest BCUT2D eigenvalue weighted by Crippen LogP contribution is -2.19. The van der Waals surface area contributed by atoms with Gasteiger partial charge in [-0.25, -0.2) is 5.43 Å². The zero-order chi connectivity index (χ0) is 16.8. The summed E-state index contributed by atoms with van der Waals surface area (Å²) in [6, 6.07) is 12.5. The number of alkyl halides is 2. The normalized spacial score (nSPS) is 11.4. The van der Waals surface area contributed by atoms with E-state index in [4.69, 9.17) is 5.73 Å². The Morgan fingerprint density at radius 1 is 1.17 bits per heavy atom. The molecule has 0 saturated heterocycles. The molecular formula is C16H15F2N3O2. The Hall–Kier alpha value is -2.96. The van der Waals surface area contributed by atoms with Crippen LogP contribution in [0.1, 0.15) is 22.8 Å². The molecule has 3 N–H and O–H groups in total. The van der Waals surface area contributed by atoms with E-state index in [-0.39, 0.29) is 5.75 Å². The highest BCUT2D eigenvalue weighted by molar-refractivity contribution is 6.02. The van der Waals surface area contributed by atoms with E-state index in [1.165, 1.54) is 6.07 Å². The average molecular weight is 319 g/mol. The first kappa shape index (κ1) is 16.4. The maximum atomic E-state index is 12.4. The third-order valence-corrected chi connectivity index (χ3v) is 2.99. The molecule has 2 rings (SSSR count). The van der Waals surface area contributed by atoms with Gasteiger partial charge >= 0.3 is 6.61 Å². The monoisotopic (exact) mass is 319 g/mol. The second-order valence-corrected chi connectivity index (χ2v) is 4.63. The van der Waals surface area contributed by atoms with Crippen molar-refractivity contribution in [2.45, 2.75) is 13.5 Å². The molecular weight excluding hydrogens is 304 g/mol. The number of amides is 1. The van der Waals surface area contributed by atoms with Gasteiger partial charge in [0.05, 0.1) is 5.71 Å². The van der Waals surface area contributed by atoms with Crippen LogP contribution in [0.25, 0.3) is 0 Å². The van der Waals surface area contributed by atoms with Crippen molar-refractivity contribution in [3.63, 3.8) is 0 Å². The number of ether oxygens (including phenoxy) is 1. The standard InChI is InChI=1S/C16H15F2N3O2/c1-10(13-4-2-3-5-14(13)23-16(17)18)20-21-15(22)11-6-8-12(19)9-7-11/h2-9,16H,19H2,1H3,(H,21,22). The topological polar surface area (TPSA) is 76.7 Å². The molecule has 0 fully saturated rings. The fourth-order valence-electron chi connectivity index (χ4n) is 1.86. The van der Waals surface area contributed by atoms with E-state index in [9.17, 15) is 13.6 Å². The van der Waals surface area contributed by atoms with Gasteiger partial charge in [-0.05, 0) is 43.3 Å². The van der Waals surface area contributed by atoms with Crippen molar-refractivity contribution in [2.75, 3.05) is 5.73 Å². The number of halogens is 2. The molecule has 2 aromatic carbocycles. The average Bonchev–Trinajstić information content (AvgIpc) is 2.53. The number of nitrogens with zero attached hydrogens (tertiary/aromatic N) is 1. The van der Waals surface area contributed by atoms with Crippen LogP contribution in [0, 0.1) is 0 Å². The number of nitrogen functional groups attached to an aromatic ring is 1. The first-order chi connectivity index (χ1) is 11.0. The fourth-order valence-corrected chi connectivity index (χ4v) is 1.86. The highest BCUT2D eigenvalue weighted by Crippen LogP contribution is 2.20. The quantitative estimate of drug-likeness (QED) is 0.505. The Morgan fingerprint density at radius 3 is 2.48 bits per heavy atom. The Balaban J connectivity index is 2.14. The first-order valence-corrected chi connectivity index (χ1v) is 6.71. The number of carbonyl (C=O) groups is 1. The summed E-state index contributed by atoms with van der Waals surface area (Å²) in [7, 11) is 0. The van der Waals surface area contributed by atoms with Crippen molar-refractivity contribution in [3.05, 3.63) is 59.7 Å². The number of hydrogen-bond acceptors (Lipinski definition) is 4. The summed E-state index contributed by atoms with van der Waals surface area (Å²) in [5.74, 6) is -0.443. The molecule has 0 heterocycles. The number of benzene rings is 2. The van der Waals surface area contributed by atoms with E-state index in [0.717, 1.165) is 0 Å². The van der Waals surface area contributed by atoms with Crippen molar-refractivity contribution in [3.8, 4) is 5.75 Å². The zero-order valence-corrected chi connectivity index (χ0v) is 12.3. The largest absolute Gasteiger partial charge is 0.434 e. The molecule has 23 heavy (non-hydrogen) atoms. The van der Waals surface area contributed by atoms with Crippen molar-refractivity contribution in [1.82, 2.24) is 5.43 Å². The van der Waals surface area contributed by atoms with Gasteiger partial charge in [-0.15, -0.1) is 0 Å². The maximum absolute atomic E-state index is 12.4. The number of hydrogen-bond donors (Lipinski definition) is 2. The molecule has 0 spiro atoms. The van der Waals surface area contributed by atoms with Crippen LogP contribution in [0.4, 0.5) is 14.5 Å².